The Kier molecular flexibility index (Phi) is 10.2. The summed E-state index contributed by atoms with van der Waals surface area (Å²) in [7, 11) is 1.33. The van der Waals surface area contributed by atoms with Gasteiger partial charge in [0.1, 0.15) is 12.2 Å². The van der Waals surface area contributed by atoms with Crippen LogP contribution in [0.5, 0.6) is 0 Å². The van der Waals surface area contributed by atoms with Crippen LogP contribution in [0.25, 0.3) is 0 Å². The molecule has 0 spiro atoms. The molecule has 0 aromatic heterocycles. The van der Waals surface area contributed by atoms with Crippen molar-refractivity contribution in [3.63, 3.8) is 0 Å². The lowest BCUT2D eigenvalue weighted by molar-refractivity contribution is -0.163. The lowest BCUT2D eigenvalue weighted by atomic mass is 9.76. The summed E-state index contributed by atoms with van der Waals surface area (Å²) in [4.78, 5) is 25.2. The van der Waals surface area contributed by atoms with Gasteiger partial charge in [-0.25, -0.2) is 8.78 Å². The van der Waals surface area contributed by atoms with Crippen molar-refractivity contribution in [2.75, 3.05) is 13.7 Å². The van der Waals surface area contributed by atoms with Crippen LogP contribution in [-0.4, -0.2) is 37.2 Å². The maximum atomic E-state index is 14.8. The zero-order valence-electron chi connectivity index (χ0n) is 22.1. The van der Waals surface area contributed by atoms with Gasteiger partial charge in [-0.1, -0.05) is 61.5 Å². The monoisotopic (exact) mass is 504 g/mol. The van der Waals surface area contributed by atoms with Crippen LogP contribution >= 0.6 is 0 Å². The lowest BCUT2D eigenvalue weighted by Gasteiger charge is -2.33. The van der Waals surface area contributed by atoms with Gasteiger partial charge in [0.25, 0.3) is 5.92 Å². The molecule has 0 radical (unpaired) electrons. The van der Waals surface area contributed by atoms with Crippen molar-refractivity contribution in [3.05, 3.63) is 71.3 Å². The molecular formula is C29H38F2O5. The second-order valence-electron chi connectivity index (χ2n) is 10.5. The quantitative estimate of drug-likeness (QED) is 0.319. The molecule has 0 aliphatic carbocycles. The Labute approximate surface area is 213 Å². The number of rotatable bonds is 12. The fourth-order valence-electron chi connectivity index (χ4n) is 3.83. The van der Waals surface area contributed by atoms with E-state index in [1.165, 1.54) is 7.11 Å². The Hall–Kier alpha value is -2.80. The van der Waals surface area contributed by atoms with Crippen molar-refractivity contribution in [2.45, 2.75) is 77.4 Å². The summed E-state index contributed by atoms with van der Waals surface area (Å²) < 4.78 is 45.4. The van der Waals surface area contributed by atoms with E-state index in [-0.39, 0.29) is 24.9 Å². The summed E-state index contributed by atoms with van der Waals surface area (Å²) in [5.74, 6) is -4.43. The zero-order valence-corrected chi connectivity index (χ0v) is 22.1. The Morgan fingerprint density at radius 3 is 2.17 bits per heavy atom. The standard InChI is InChI=1S/C29H38F2O5/c1-21(25(32)34-6)17-23-13-10-14-24(18-23)28(5,26(33)36-27(2,3)4)15-16-29(30,31)20-35-19-22-11-8-7-9-12-22/h7-14,18,21H,15-17,19-20H2,1-6H3/t21-,28?/m0/s1. The molecule has 0 amide bonds. The van der Waals surface area contributed by atoms with E-state index >= 15 is 0 Å². The van der Waals surface area contributed by atoms with Crippen LogP contribution in [0, 0.1) is 5.92 Å². The molecule has 0 heterocycles. The molecule has 0 saturated carbocycles. The van der Waals surface area contributed by atoms with Gasteiger partial charge >= 0.3 is 11.9 Å². The van der Waals surface area contributed by atoms with Crippen molar-refractivity contribution in [1.82, 2.24) is 0 Å². The van der Waals surface area contributed by atoms with E-state index in [0.717, 1.165) is 11.1 Å². The third kappa shape index (κ3) is 9.01. The van der Waals surface area contributed by atoms with Crippen LogP contribution in [0.1, 0.15) is 64.2 Å². The van der Waals surface area contributed by atoms with Gasteiger partial charge in [-0.05, 0) is 57.2 Å². The molecule has 0 fully saturated rings. The van der Waals surface area contributed by atoms with Crippen LogP contribution in [0.4, 0.5) is 8.78 Å². The normalized spacial score (nSPS) is 14.6. The van der Waals surface area contributed by atoms with Crippen LogP contribution in [-0.2, 0) is 42.2 Å². The minimum atomic E-state index is -3.13. The zero-order chi connectivity index (χ0) is 27.0. The number of hydrogen-bond donors (Lipinski definition) is 0. The van der Waals surface area contributed by atoms with Gasteiger partial charge in [0, 0.05) is 6.42 Å². The van der Waals surface area contributed by atoms with E-state index in [0.29, 0.717) is 12.0 Å². The summed E-state index contributed by atoms with van der Waals surface area (Å²) in [6.45, 7) is 7.94. The highest BCUT2D eigenvalue weighted by molar-refractivity contribution is 5.83. The maximum absolute atomic E-state index is 14.8. The number of benzene rings is 2. The largest absolute Gasteiger partial charge is 0.469 e. The molecule has 0 saturated heterocycles. The average molecular weight is 505 g/mol. The first-order valence-corrected chi connectivity index (χ1v) is 12.2. The lowest BCUT2D eigenvalue weighted by Crippen LogP contribution is -2.40. The first-order valence-electron chi connectivity index (χ1n) is 12.2. The predicted molar refractivity (Wildman–Crippen MR) is 135 cm³/mol. The van der Waals surface area contributed by atoms with Gasteiger partial charge in [0.15, 0.2) is 0 Å². The van der Waals surface area contributed by atoms with E-state index < -0.39 is 35.9 Å². The highest BCUT2D eigenvalue weighted by Crippen LogP contribution is 2.36. The Morgan fingerprint density at radius 1 is 0.917 bits per heavy atom. The third-order valence-corrected chi connectivity index (χ3v) is 5.97. The Morgan fingerprint density at radius 2 is 1.56 bits per heavy atom. The smallest absolute Gasteiger partial charge is 0.316 e. The number of alkyl halides is 2. The highest BCUT2D eigenvalue weighted by Gasteiger charge is 2.42. The molecular weight excluding hydrogens is 466 g/mol. The van der Waals surface area contributed by atoms with Gasteiger partial charge in [-0.15, -0.1) is 0 Å². The summed E-state index contributed by atoms with van der Waals surface area (Å²) >= 11 is 0. The molecule has 5 nitrogen and oxygen atoms in total. The van der Waals surface area contributed by atoms with Crippen LogP contribution in [0.2, 0.25) is 0 Å². The van der Waals surface area contributed by atoms with E-state index in [2.05, 4.69) is 0 Å². The fourth-order valence-corrected chi connectivity index (χ4v) is 3.83. The molecule has 2 rings (SSSR count). The summed E-state index contributed by atoms with van der Waals surface area (Å²) in [5.41, 5.74) is 0.0764. The molecule has 2 aromatic rings. The number of carbonyl (C=O) groups excluding carboxylic acids is 2. The molecule has 0 aliphatic rings. The SMILES string of the molecule is COC(=O)[C@@H](C)Cc1cccc(C(C)(CCC(F)(F)COCc2ccccc2)C(=O)OC(C)(C)C)c1. The van der Waals surface area contributed by atoms with Gasteiger partial charge in [0.05, 0.1) is 25.0 Å². The van der Waals surface area contributed by atoms with Crippen LogP contribution in [0.3, 0.4) is 0 Å². The van der Waals surface area contributed by atoms with Gasteiger partial charge in [0.2, 0.25) is 0 Å². The molecule has 1 unspecified atom stereocenters. The fraction of sp³-hybridized carbons (Fsp3) is 0.517. The Bertz CT molecular complexity index is 1000. The van der Waals surface area contributed by atoms with Crippen LogP contribution in [0.15, 0.2) is 54.6 Å². The first-order chi connectivity index (χ1) is 16.8. The van der Waals surface area contributed by atoms with Gasteiger partial charge in [-0.2, -0.15) is 0 Å². The number of ether oxygens (including phenoxy) is 3. The number of halogens is 2. The molecule has 0 bridgehead atoms. The molecule has 2 aromatic carbocycles. The molecule has 7 heteroatoms. The van der Waals surface area contributed by atoms with E-state index in [9.17, 15) is 18.4 Å². The van der Waals surface area contributed by atoms with Crippen molar-refractivity contribution >= 4 is 11.9 Å². The summed E-state index contributed by atoms with van der Waals surface area (Å²) in [6.07, 6.45) is -0.297. The van der Waals surface area contributed by atoms with Gasteiger partial charge in [-0.3, -0.25) is 9.59 Å². The minimum absolute atomic E-state index is 0.0835. The number of methoxy groups -OCH3 is 1. The second kappa shape index (κ2) is 12.4. The van der Waals surface area contributed by atoms with Crippen molar-refractivity contribution < 1.29 is 32.6 Å². The first kappa shape index (κ1) is 29.4. The van der Waals surface area contributed by atoms with E-state index in [4.69, 9.17) is 14.2 Å². The molecule has 0 aliphatic heterocycles. The molecule has 2 atom stereocenters. The highest BCUT2D eigenvalue weighted by atomic mass is 19.3. The average Bonchev–Trinajstić information content (AvgIpc) is 2.81. The third-order valence-electron chi connectivity index (χ3n) is 5.97. The van der Waals surface area contributed by atoms with E-state index in [1.807, 2.05) is 36.4 Å². The maximum Gasteiger partial charge on any atom is 0.316 e. The van der Waals surface area contributed by atoms with Crippen molar-refractivity contribution in [3.8, 4) is 0 Å². The Balaban J connectivity index is 2.21. The van der Waals surface area contributed by atoms with Crippen molar-refractivity contribution in [1.29, 1.82) is 0 Å². The topological polar surface area (TPSA) is 61.8 Å². The summed E-state index contributed by atoms with van der Waals surface area (Å²) in [5, 5.41) is 0. The van der Waals surface area contributed by atoms with Crippen LogP contribution < -0.4 is 0 Å². The minimum Gasteiger partial charge on any atom is -0.469 e. The molecule has 0 N–H and O–H groups in total. The molecule has 198 valence electrons. The predicted octanol–water partition coefficient (Wildman–Crippen LogP) is 6.27. The van der Waals surface area contributed by atoms with Crippen molar-refractivity contribution in [2.24, 2.45) is 5.92 Å². The number of hydrogen-bond acceptors (Lipinski definition) is 5. The second-order valence-corrected chi connectivity index (χ2v) is 10.5. The number of carbonyl (C=O) groups is 2. The molecule has 36 heavy (non-hydrogen) atoms. The van der Waals surface area contributed by atoms with Gasteiger partial charge < -0.3 is 14.2 Å². The van der Waals surface area contributed by atoms with E-state index in [1.54, 1.807) is 52.8 Å². The summed E-state index contributed by atoms with van der Waals surface area (Å²) in [6, 6.07) is 16.2. The number of esters is 2.